The number of hydrogen-bond donors (Lipinski definition) is 0. The van der Waals surface area contributed by atoms with Crippen LogP contribution in [0.15, 0.2) is 103 Å². The number of para-hydroxylation sites is 1. The third-order valence-corrected chi connectivity index (χ3v) is 6.47. The van der Waals surface area contributed by atoms with E-state index in [4.69, 9.17) is 10.1 Å². The van der Waals surface area contributed by atoms with E-state index in [2.05, 4.69) is 29.2 Å². The third-order valence-electron chi connectivity index (χ3n) is 6.47. The molecule has 0 radical (unpaired) electrons. The highest BCUT2D eigenvalue weighted by molar-refractivity contribution is 5.94. The van der Waals surface area contributed by atoms with Crippen LogP contribution in [0, 0.1) is 0 Å². The highest BCUT2D eigenvalue weighted by Crippen LogP contribution is 2.27. The lowest BCUT2D eigenvalue weighted by Crippen LogP contribution is -2.48. The Morgan fingerprint density at radius 1 is 0.686 bits per heavy atom. The molecule has 0 unspecified atom stereocenters. The van der Waals surface area contributed by atoms with Gasteiger partial charge in [-0.05, 0) is 18.2 Å². The van der Waals surface area contributed by atoms with Crippen LogP contribution in [0.4, 0.5) is 5.69 Å². The Hall–Kier alpha value is -4.45. The van der Waals surface area contributed by atoms with Crippen molar-refractivity contribution in [3.05, 3.63) is 109 Å². The normalized spacial score (nSPS) is 13.8. The van der Waals surface area contributed by atoms with E-state index in [1.54, 1.807) is 4.52 Å². The summed E-state index contributed by atoms with van der Waals surface area (Å²) in [6.45, 7) is 2.93. The van der Waals surface area contributed by atoms with E-state index in [0.29, 0.717) is 24.4 Å². The number of rotatable bonds is 4. The van der Waals surface area contributed by atoms with Crippen molar-refractivity contribution in [3.63, 3.8) is 0 Å². The number of carbonyl (C=O) groups excluding carboxylic acids is 1. The Balaban J connectivity index is 1.33. The first-order valence-electron chi connectivity index (χ1n) is 11.9. The van der Waals surface area contributed by atoms with Crippen molar-refractivity contribution in [2.75, 3.05) is 31.1 Å². The van der Waals surface area contributed by atoms with Crippen LogP contribution in [0.1, 0.15) is 10.5 Å². The third kappa shape index (κ3) is 4.15. The average molecular weight is 460 g/mol. The molecule has 0 saturated carbocycles. The minimum Gasteiger partial charge on any atom is -0.368 e. The number of anilines is 1. The predicted octanol–water partition coefficient (Wildman–Crippen LogP) is 5.03. The summed E-state index contributed by atoms with van der Waals surface area (Å²) in [5.41, 5.74) is 6.09. The number of nitrogens with zero attached hydrogens (tertiary/aromatic N) is 5. The lowest BCUT2D eigenvalue weighted by Gasteiger charge is -2.35. The summed E-state index contributed by atoms with van der Waals surface area (Å²) >= 11 is 0. The van der Waals surface area contributed by atoms with Crippen molar-refractivity contribution in [3.8, 4) is 22.5 Å². The lowest BCUT2D eigenvalue weighted by atomic mass is 10.1. The summed E-state index contributed by atoms with van der Waals surface area (Å²) in [6, 6.07) is 34.4. The molecule has 0 atom stereocenters. The number of piperazine rings is 1. The van der Waals surface area contributed by atoms with E-state index in [1.165, 1.54) is 5.69 Å². The molecule has 6 heteroatoms. The molecule has 5 aromatic rings. The summed E-state index contributed by atoms with van der Waals surface area (Å²) < 4.78 is 1.79. The van der Waals surface area contributed by atoms with Gasteiger partial charge in [0, 0.05) is 49.1 Å². The van der Waals surface area contributed by atoms with Gasteiger partial charge in [-0.1, -0.05) is 78.9 Å². The lowest BCUT2D eigenvalue weighted by molar-refractivity contribution is 0.0740. The van der Waals surface area contributed by atoms with Crippen LogP contribution in [0.2, 0.25) is 0 Å². The molecule has 2 aromatic heterocycles. The number of benzene rings is 3. The first-order valence-corrected chi connectivity index (χ1v) is 11.9. The van der Waals surface area contributed by atoms with E-state index in [1.807, 2.05) is 83.8 Å². The van der Waals surface area contributed by atoms with Gasteiger partial charge in [-0.2, -0.15) is 5.10 Å². The second-order valence-corrected chi connectivity index (χ2v) is 8.67. The number of aromatic nitrogens is 3. The highest BCUT2D eigenvalue weighted by atomic mass is 16.2. The molecule has 35 heavy (non-hydrogen) atoms. The fourth-order valence-electron chi connectivity index (χ4n) is 4.62. The maximum Gasteiger partial charge on any atom is 0.274 e. The largest absolute Gasteiger partial charge is 0.368 e. The summed E-state index contributed by atoms with van der Waals surface area (Å²) in [6.07, 6.45) is 0. The van der Waals surface area contributed by atoms with Gasteiger partial charge in [0.05, 0.1) is 11.4 Å². The van der Waals surface area contributed by atoms with Gasteiger partial charge in [-0.3, -0.25) is 4.79 Å². The second-order valence-electron chi connectivity index (χ2n) is 8.67. The van der Waals surface area contributed by atoms with E-state index < -0.39 is 0 Å². The first-order chi connectivity index (χ1) is 17.3. The molecule has 0 spiro atoms. The summed E-state index contributed by atoms with van der Waals surface area (Å²) in [4.78, 5) is 22.5. The van der Waals surface area contributed by atoms with Crippen LogP contribution in [-0.2, 0) is 0 Å². The van der Waals surface area contributed by atoms with Gasteiger partial charge in [0.15, 0.2) is 11.3 Å². The van der Waals surface area contributed by atoms with Crippen molar-refractivity contribution < 1.29 is 4.79 Å². The SMILES string of the molecule is O=C(c1cc2nc(-c3ccccc3)cc(-c3ccccc3)n2n1)N1CCN(c2ccccc2)CC1. The molecule has 0 bridgehead atoms. The van der Waals surface area contributed by atoms with Crippen molar-refractivity contribution in [2.45, 2.75) is 0 Å². The number of fused-ring (bicyclic) bond motifs is 1. The minimum atomic E-state index is -0.0523. The molecule has 1 saturated heterocycles. The molecule has 1 aliphatic rings. The number of carbonyl (C=O) groups is 1. The molecule has 0 N–H and O–H groups in total. The molecule has 3 heterocycles. The van der Waals surface area contributed by atoms with Gasteiger partial charge in [0.1, 0.15) is 0 Å². The first kappa shape index (κ1) is 21.1. The zero-order valence-corrected chi connectivity index (χ0v) is 19.3. The van der Waals surface area contributed by atoms with Crippen LogP contribution in [0.3, 0.4) is 0 Å². The van der Waals surface area contributed by atoms with E-state index in [9.17, 15) is 4.79 Å². The molecular weight excluding hydrogens is 434 g/mol. The zero-order chi connectivity index (χ0) is 23.6. The van der Waals surface area contributed by atoms with Crippen molar-refractivity contribution in [1.82, 2.24) is 19.5 Å². The van der Waals surface area contributed by atoms with Gasteiger partial charge >= 0.3 is 0 Å². The smallest absolute Gasteiger partial charge is 0.274 e. The van der Waals surface area contributed by atoms with Gasteiger partial charge in [0.25, 0.3) is 5.91 Å². The van der Waals surface area contributed by atoms with E-state index in [0.717, 1.165) is 35.6 Å². The molecule has 1 aliphatic heterocycles. The Morgan fingerprint density at radius 2 is 1.29 bits per heavy atom. The molecule has 172 valence electrons. The molecule has 1 amide bonds. The van der Waals surface area contributed by atoms with Crippen LogP contribution in [-0.4, -0.2) is 51.6 Å². The summed E-state index contributed by atoms with van der Waals surface area (Å²) in [5.74, 6) is -0.0523. The average Bonchev–Trinajstić information content (AvgIpc) is 3.38. The predicted molar refractivity (Wildman–Crippen MR) is 138 cm³/mol. The maximum absolute atomic E-state index is 13.4. The van der Waals surface area contributed by atoms with Crippen LogP contribution < -0.4 is 4.90 Å². The topological polar surface area (TPSA) is 53.7 Å². The van der Waals surface area contributed by atoms with Crippen LogP contribution in [0.25, 0.3) is 28.2 Å². The molecule has 0 aliphatic carbocycles. The van der Waals surface area contributed by atoms with Gasteiger partial charge in [-0.15, -0.1) is 0 Å². The zero-order valence-electron chi connectivity index (χ0n) is 19.3. The number of hydrogen-bond acceptors (Lipinski definition) is 4. The summed E-state index contributed by atoms with van der Waals surface area (Å²) in [5, 5.41) is 4.73. The van der Waals surface area contributed by atoms with Crippen LogP contribution >= 0.6 is 0 Å². The Labute approximate surface area is 204 Å². The second kappa shape index (κ2) is 9.06. The van der Waals surface area contributed by atoms with Crippen LogP contribution in [0.5, 0.6) is 0 Å². The molecule has 1 fully saturated rings. The maximum atomic E-state index is 13.4. The van der Waals surface area contributed by atoms with Crippen molar-refractivity contribution in [1.29, 1.82) is 0 Å². The van der Waals surface area contributed by atoms with Gasteiger partial charge in [-0.25, -0.2) is 9.50 Å². The fraction of sp³-hybridized carbons (Fsp3) is 0.138. The molecule has 6 rings (SSSR count). The minimum absolute atomic E-state index is 0.0523. The van der Waals surface area contributed by atoms with E-state index >= 15 is 0 Å². The molecular formula is C29H25N5O. The molecule has 3 aromatic carbocycles. The Morgan fingerprint density at radius 3 is 1.94 bits per heavy atom. The van der Waals surface area contributed by atoms with Gasteiger partial charge < -0.3 is 9.80 Å². The monoisotopic (exact) mass is 459 g/mol. The van der Waals surface area contributed by atoms with Crippen molar-refractivity contribution >= 4 is 17.2 Å². The summed E-state index contributed by atoms with van der Waals surface area (Å²) in [7, 11) is 0. The fourth-order valence-corrected chi connectivity index (χ4v) is 4.62. The highest BCUT2D eigenvalue weighted by Gasteiger charge is 2.25. The molecule has 6 nitrogen and oxygen atoms in total. The standard InChI is InChI=1S/C29H25N5O/c35-29(33-18-16-32(17-19-33)24-14-8-3-9-15-24)26-21-28-30-25(22-10-4-1-5-11-22)20-27(34(28)31-26)23-12-6-2-7-13-23/h1-15,20-21H,16-19H2. The Bertz CT molecular complexity index is 1460. The number of amides is 1. The van der Waals surface area contributed by atoms with Gasteiger partial charge in [0.2, 0.25) is 0 Å². The van der Waals surface area contributed by atoms with Crippen molar-refractivity contribution in [2.24, 2.45) is 0 Å². The Kier molecular flexibility index (Phi) is 5.47. The quantitative estimate of drug-likeness (QED) is 0.378. The van der Waals surface area contributed by atoms with E-state index in [-0.39, 0.29) is 5.91 Å².